The van der Waals surface area contributed by atoms with Gasteiger partial charge in [-0.25, -0.2) is 4.79 Å². The van der Waals surface area contributed by atoms with E-state index in [1.54, 1.807) is 4.90 Å². The number of hydrogen-bond acceptors (Lipinski definition) is 6. The van der Waals surface area contributed by atoms with Crippen molar-refractivity contribution in [3.05, 3.63) is 59.4 Å². The first kappa shape index (κ1) is 26.1. The van der Waals surface area contributed by atoms with Crippen LogP contribution in [0.4, 0.5) is 4.79 Å². The number of nitrogens with zero attached hydrogens (tertiary/aromatic N) is 2. The Morgan fingerprint density at radius 2 is 1.83 bits per heavy atom. The van der Waals surface area contributed by atoms with E-state index < -0.39 is 17.6 Å². The van der Waals surface area contributed by atoms with Crippen molar-refractivity contribution >= 4 is 12.1 Å². The van der Waals surface area contributed by atoms with Gasteiger partial charge in [0.25, 0.3) is 0 Å². The lowest BCUT2D eigenvalue weighted by Gasteiger charge is -2.38. The zero-order chi connectivity index (χ0) is 26.3. The normalized spacial score (nSPS) is 25.2. The van der Waals surface area contributed by atoms with Gasteiger partial charge in [0, 0.05) is 43.2 Å². The lowest BCUT2D eigenvalue weighted by Crippen LogP contribution is -2.48. The van der Waals surface area contributed by atoms with Crippen molar-refractivity contribution in [2.45, 2.75) is 72.8 Å². The number of carbonyl (C=O) groups excluding carboxylic acids is 2. The lowest BCUT2D eigenvalue weighted by atomic mass is 9.74. The number of nitrogens with one attached hydrogen (secondary N) is 1. The second-order valence-electron chi connectivity index (χ2n) is 12.1. The maximum Gasteiger partial charge on any atom is 0.410 e. The quantitative estimate of drug-likeness (QED) is 0.611. The Labute approximate surface area is 215 Å². The number of rotatable bonds is 4. The van der Waals surface area contributed by atoms with Gasteiger partial charge in [-0.2, -0.15) is 0 Å². The van der Waals surface area contributed by atoms with Crippen molar-refractivity contribution in [3.63, 3.8) is 0 Å². The third-order valence-corrected chi connectivity index (χ3v) is 6.92. The molecule has 1 N–H and O–H groups in total. The summed E-state index contributed by atoms with van der Waals surface area (Å²) >= 11 is 0. The molecule has 3 unspecified atom stereocenters. The predicted molar refractivity (Wildman–Crippen MR) is 140 cm³/mol. The summed E-state index contributed by atoms with van der Waals surface area (Å²) in [5, 5.41) is 3.73. The minimum atomic E-state index is -0.616. The Balaban J connectivity index is 1.63. The van der Waals surface area contributed by atoms with E-state index in [4.69, 9.17) is 9.47 Å². The molecule has 0 saturated heterocycles. The van der Waals surface area contributed by atoms with Crippen molar-refractivity contribution in [3.8, 4) is 0 Å². The van der Waals surface area contributed by atoms with Crippen molar-refractivity contribution in [2.75, 3.05) is 19.6 Å². The van der Waals surface area contributed by atoms with Crippen LogP contribution in [-0.4, -0.2) is 59.2 Å². The van der Waals surface area contributed by atoms with Crippen molar-refractivity contribution in [2.24, 2.45) is 17.3 Å². The molecule has 3 aliphatic heterocycles. The first-order chi connectivity index (χ1) is 16.8. The van der Waals surface area contributed by atoms with Crippen molar-refractivity contribution < 1.29 is 19.1 Å². The van der Waals surface area contributed by atoms with Crippen LogP contribution in [0.1, 0.15) is 54.0 Å². The summed E-state index contributed by atoms with van der Waals surface area (Å²) < 4.78 is 11.4. The molecule has 0 aliphatic carbocycles. The molecule has 0 spiro atoms. The monoisotopic (exact) mass is 495 g/mol. The summed E-state index contributed by atoms with van der Waals surface area (Å²) in [7, 11) is 0. The van der Waals surface area contributed by atoms with Crippen LogP contribution < -0.4 is 5.32 Å². The van der Waals surface area contributed by atoms with E-state index in [0.29, 0.717) is 6.54 Å². The van der Waals surface area contributed by atoms with E-state index in [9.17, 15) is 9.59 Å². The molecule has 1 aromatic rings. The van der Waals surface area contributed by atoms with Gasteiger partial charge in [0.2, 0.25) is 0 Å². The fraction of sp³-hybridized carbons (Fsp3) is 0.586. The topological polar surface area (TPSA) is 71.1 Å². The first-order valence-electron chi connectivity index (χ1n) is 13.0. The molecule has 3 heterocycles. The summed E-state index contributed by atoms with van der Waals surface area (Å²) in [5.74, 6) is -0.742. The number of ether oxygens (including phenoxy) is 2. The summed E-state index contributed by atoms with van der Waals surface area (Å²) in [5.41, 5.74) is 2.41. The van der Waals surface area contributed by atoms with Crippen molar-refractivity contribution in [1.29, 1.82) is 0 Å². The number of fused-ring (bicyclic) bond motifs is 2. The molecule has 0 radical (unpaired) electrons. The van der Waals surface area contributed by atoms with Gasteiger partial charge in [-0.1, -0.05) is 50.3 Å². The molecule has 0 saturated carbocycles. The molecule has 1 aromatic carbocycles. The Morgan fingerprint density at radius 3 is 2.47 bits per heavy atom. The van der Waals surface area contributed by atoms with E-state index in [1.807, 2.05) is 40.7 Å². The fourth-order valence-corrected chi connectivity index (χ4v) is 5.62. The third kappa shape index (κ3) is 5.71. The van der Waals surface area contributed by atoms with Gasteiger partial charge >= 0.3 is 12.1 Å². The Hall–Kier alpha value is -2.96. The van der Waals surface area contributed by atoms with Gasteiger partial charge in [-0.3, -0.25) is 4.79 Å². The molecule has 36 heavy (non-hydrogen) atoms. The standard InChI is InChI=1S/C29H41N3O4/c1-19(2)35-26(33)22-16-32(27(34)36-28(3,4)5)18-29(6,7)24-21-13-14-31(17-23(21)30-25(22)24)15-20-11-9-8-10-12-20/h8-14,19,21-23,30H,15-18H2,1-7H3. The van der Waals surface area contributed by atoms with Crippen LogP contribution in [-0.2, 0) is 20.8 Å². The third-order valence-electron chi connectivity index (χ3n) is 6.92. The van der Waals surface area contributed by atoms with Gasteiger partial charge in [-0.05, 0) is 52.0 Å². The van der Waals surface area contributed by atoms with Gasteiger partial charge in [-0.15, -0.1) is 0 Å². The van der Waals surface area contributed by atoms with Crippen molar-refractivity contribution in [1.82, 2.24) is 15.1 Å². The van der Waals surface area contributed by atoms with Crippen LogP contribution >= 0.6 is 0 Å². The Kier molecular flexibility index (Phi) is 7.13. The molecule has 0 fully saturated rings. The zero-order valence-corrected chi connectivity index (χ0v) is 22.7. The second kappa shape index (κ2) is 9.83. The Morgan fingerprint density at radius 1 is 1.14 bits per heavy atom. The molecule has 7 nitrogen and oxygen atoms in total. The summed E-state index contributed by atoms with van der Waals surface area (Å²) in [6.45, 7) is 16.0. The SMILES string of the molecule is CC(C)OC(=O)C1CN(C(=O)OC(C)(C)C)CC(C)(C)C2=C1NC1CN(Cc3ccccc3)C=CC21. The number of esters is 1. The van der Waals surface area contributed by atoms with E-state index in [-0.39, 0.29) is 36.0 Å². The highest BCUT2D eigenvalue weighted by Gasteiger charge is 2.50. The molecular weight excluding hydrogens is 454 g/mol. The average Bonchev–Trinajstić information content (AvgIpc) is 3.09. The highest BCUT2D eigenvalue weighted by Crippen LogP contribution is 2.46. The molecule has 0 aromatic heterocycles. The van der Waals surface area contributed by atoms with Crippen LogP contribution in [0.2, 0.25) is 0 Å². The summed E-state index contributed by atoms with van der Waals surface area (Å²) in [4.78, 5) is 30.5. The maximum atomic E-state index is 13.4. The van der Waals surface area contributed by atoms with Crippen LogP contribution in [0.3, 0.4) is 0 Å². The smallest absolute Gasteiger partial charge is 0.410 e. The Bertz CT molecular complexity index is 1040. The van der Waals surface area contributed by atoms with Gasteiger partial charge < -0.3 is 24.6 Å². The van der Waals surface area contributed by atoms with Crippen LogP contribution in [0.15, 0.2) is 53.9 Å². The van der Waals surface area contributed by atoms with Gasteiger partial charge in [0.15, 0.2) is 0 Å². The average molecular weight is 496 g/mol. The van der Waals surface area contributed by atoms with Gasteiger partial charge in [0.1, 0.15) is 11.5 Å². The number of benzene rings is 1. The zero-order valence-electron chi connectivity index (χ0n) is 22.7. The van der Waals surface area contributed by atoms with E-state index in [0.717, 1.165) is 18.8 Å². The fourth-order valence-electron chi connectivity index (χ4n) is 5.62. The minimum absolute atomic E-state index is 0.148. The van der Waals surface area contributed by atoms with E-state index in [1.165, 1.54) is 11.1 Å². The second-order valence-corrected chi connectivity index (χ2v) is 12.1. The molecule has 3 aliphatic rings. The van der Waals surface area contributed by atoms with E-state index in [2.05, 4.69) is 60.6 Å². The molecule has 196 valence electrons. The number of carbonyl (C=O) groups is 2. The maximum absolute atomic E-state index is 13.4. The van der Waals surface area contributed by atoms with Crippen LogP contribution in [0.25, 0.3) is 0 Å². The minimum Gasteiger partial charge on any atom is -0.462 e. The largest absolute Gasteiger partial charge is 0.462 e. The molecule has 7 heteroatoms. The molecule has 3 atom stereocenters. The van der Waals surface area contributed by atoms with E-state index >= 15 is 0 Å². The van der Waals surface area contributed by atoms with Crippen LogP contribution in [0.5, 0.6) is 0 Å². The first-order valence-corrected chi connectivity index (χ1v) is 13.0. The number of hydrogen-bond donors (Lipinski definition) is 1. The van der Waals surface area contributed by atoms with Crippen LogP contribution in [0, 0.1) is 17.3 Å². The highest BCUT2D eigenvalue weighted by atomic mass is 16.6. The predicted octanol–water partition coefficient (Wildman–Crippen LogP) is 4.70. The summed E-state index contributed by atoms with van der Waals surface area (Å²) in [6.07, 6.45) is 3.80. The molecule has 1 amide bonds. The molecular formula is C29H41N3O4. The lowest BCUT2D eigenvalue weighted by molar-refractivity contribution is -0.151. The number of amides is 1. The molecule has 4 rings (SSSR count). The highest BCUT2D eigenvalue weighted by molar-refractivity contribution is 5.79. The van der Waals surface area contributed by atoms with Gasteiger partial charge in [0.05, 0.1) is 12.1 Å². The summed E-state index contributed by atoms with van der Waals surface area (Å²) in [6, 6.07) is 10.6. The molecule has 0 bridgehead atoms.